The highest BCUT2D eigenvalue weighted by molar-refractivity contribution is 7.80. The molecular formula is C17H24N2OS. The maximum absolute atomic E-state index is 5.58. The average molecular weight is 304 g/mol. The van der Waals surface area contributed by atoms with Gasteiger partial charge in [-0.3, -0.25) is 0 Å². The van der Waals surface area contributed by atoms with Gasteiger partial charge in [-0.15, -0.1) is 0 Å². The van der Waals surface area contributed by atoms with Crippen LogP contribution in [0.5, 0.6) is 5.75 Å². The topological polar surface area (TPSA) is 24.5 Å². The van der Waals surface area contributed by atoms with Gasteiger partial charge in [-0.1, -0.05) is 24.6 Å². The molecule has 0 amide bonds. The number of hydrogen-bond acceptors (Lipinski definition) is 2. The van der Waals surface area contributed by atoms with E-state index in [1.807, 2.05) is 18.2 Å². The van der Waals surface area contributed by atoms with Crippen LogP contribution < -0.4 is 10.1 Å². The maximum atomic E-state index is 5.58. The number of hydrogen-bond donors (Lipinski definition) is 1. The number of rotatable bonds is 4. The molecule has 0 spiro atoms. The zero-order chi connectivity index (χ0) is 14.8. The van der Waals surface area contributed by atoms with Crippen molar-refractivity contribution in [1.82, 2.24) is 10.2 Å². The highest BCUT2D eigenvalue weighted by Crippen LogP contribution is 2.44. The number of para-hydroxylation sites is 1. The summed E-state index contributed by atoms with van der Waals surface area (Å²) in [6.07, 6.45) is 5.50. The maximum Gasteiger partial charge on any atom is 0.169 e. The Kier molecular flexibility index (Phi) is 4.34. The molecule has 0 heterocycles. The molecule has 2 fully saturated rings. The van der Waals surface area contributed by atoms with Crippen molar-refractivity contribution in [2.75, 3.05) is 14.2 Å². The second-order valence-electron chi connectivity index (χ2n) is 6.40. The third-order valence-corrected chi connectivity index (χ3v) is 5.42. The number of nitrogens with zero attached hydrogens (tertiary/aromatic N) is 1. The van der Waals surface area contributed by atoms with Gasteiger partial charge in [0.25, 0.3) is 0 Å². The number of ether oxygens (including phenoxy) is 1. The van der Waals surface area contributed by atoms with Gasteiger partial charge in [0, 0.05) is 25.2 Å². The van der Waals surface area contributed by atoms with Crippen LogP contribution in [-0.2, 0) is 6.54 Å². The van der Waals surface area contributed by atoms with Crippen LogP contribution in [0.2, 0.25) is 0 Å². The molecule has 3 rings (SSSR count). The first kappa shape index (κ1) is 14.6. The molecule has 114 valence electrons. The Bertz CT molecular complexity index is 519. The minimum atomic E-state index is 0.594. The molecule has 4 heteroatoms. The van der Waals surface area contributed by atoms with Gasteiger partial charge in [-0.2, -0.15) is 0 Å². The highest BCUT2D eigenvalue weighted by atomic mass is 32.1. The monoisotopic (exact) mass is 304 g/mol. The Morgan fingerprint density at radius 2 is 2.14 bits per heavy atom. The zero-order valence-corrected chi connectivity index (χ0v) is 13.7. The van der Waals surface area contributed by atoms with Crippen molar-refractivity contribution in [3.05, 3.63) is 29.8 Å². The van der Waals surface area contributed by atoms with E-state index >= 15 is 0 Å². The summed E-state index contributed by atoms with van der Waals surface area (Å²) in [5.41, 5.74) is 1.17. The Morgan fingerprint density at radius 1 is 1.33 bits per heavy atom. The standard InChI is InChI=1S/C17H24N2OS/c1-19(11-14-5-3-4-6-16(14)20-2)17(21)18-15-10-12-7-8-13(15)9-12/h3-6,12-13,15H,7-11H2,1-2H3,(H,18,21)/t12-,13+,15+/m1/s1. The fourth-order valence-electron chi connectivity index (χ4n) is 3.85. The Labute approximate surface area is 132 Å². The number of thiocarbonyl (C=S) groups is 1. The van der Waals surface area contributed by atoms with Crippen molar-refractivity contribution < 1.29 is 4.74 Å². The summed E-state index contributed by atoms with van der Waals surface area (Å²) in [6.45, 7) is 0.774. The van der Waals surface area contributed by atoms with E-state index < -0.39 is 0 Å². The van der Waals surface area contributed by atoms with Crippen LogP contribution in [0.1, 0.15) is 31.2 Å². The molecule has 3 nitrogen and oxygen atoms in total. The van der Waals surface area contributed by atoms with Crippen molar-refractivity contribution in [2.24, 2.45) is 11.8 Å². The van der Waals surface area contributed by atoms with E-state index in [1.165, 1.54) is 31.2 Å². The molecule has 2 bridgehead atoms. The number of nitrogens with one attached hydrogen (secondary N) is 1. The van der Waals surface area contributed by atoms with Crippen molar-refractivity contribution >= 4 is 17.3 Å². The Hall–Kier alpha value is -1.29. The lowest BCUT2D eigenvalue weighted by Gasteiger charge is -2.29. The van der Waals surface area contributed by atoms with Crippen molar-refractivity contribution in [3.8, 4) is 5.75 Å². The zero-order valence-electron chi connectivity index (χ0n) is 12.8. The predicted octanol–water partition coefficient (Wildman–Crippen LogP) is 3.19. The lowest BCUT2D eigenvalue weighted by molar-refractivity contribution is 0.368. The van der Waals surface area contributed by atoms with E-state index in [4.69, 9.17) is 17.0 Å². The minimum Gasteiger partial charge on any atom is -0.496 e. The molecule has 0 unspecified atom stereocenters. The van der Waals surface area contributed by atoms with Gasteiger partial charge in [0.15, 0.2) is 5.11 Å². The molecule has 2 aliphatic carbocycles. The molecule has 1 N–H and O–H groups in total. The summed E-state index contributed by atoms with van der Waals surface area (Å²) in [5.74, 6) is 2.70. The van der Waals surface area contributed by atoms with E-state index in [-0.39, 0.29) is 0 Å². The number of benzene rings is 1. The number of fused-ring (bicyclic) bond motifs is 2. The normalized spacial score (nSPS) is 26.7. The third kappa shape index (κ3) is 3.15. The van der Waals surface area contributed by atoms with Gasteiger partial charge in [0.05, 0.1) is 7.11 Å². The van der Waals surface area contributed by atoms with Crippen LogP contribution in [0.15, 0.2) is 24.3 Å². The Balaban J connectivity index is 1.57. The molecule has 0 radical (unpaired) electrons. The van der Waals surface area contributed by atoms with E-state index in [9.17, 15) is 0 Å². The lowest BCUT2D eigenvalue weighted by atomic mass is 9.95. The van der Waals surface area contributed by atoms with Crippen LogP contribution in [-0.4, -0.2) is 30.2 Å². The average Bonchev–Trinajstić information content (AvgIpc) is 3.10. The smallest absolute Gasteiger partial charge is 0.169 e. The van der Waals surface area contributed by atoms with Crippen LogP contribution in [0.4, 0.5) is 0 Å². The quantitative estimate of drug-likeness (QED) is 0.864. The van der Waals surface area contributed by atoms with Crippen LogP contribution in [0, 0.1) is 11.8 Å². The van der Waals surface area contributed by atoms with Gasteiger partial charge in [-0.25, -0.2) is 0 Å². The highest BCUT2D eigenvalue weighted by Gasteiger charge is 2.39. The molecule has 1 aromatic rings. The predicted molar refractivity (Wildman–Crippen MR) is 89.4 cm³/mol. The van der Waals surface area contributed by atoms with Gasteiger partial charge in [0.1, 0.15) is 5.75 Å². The van der Waals surface area contributed by atoms with E-state index in [2.05, 4.69) is 23.3 Å². The van der Waals surface area contributed by atoms with Crippen LogP contribution in [0.25, 0.3) is 0 Å². The lowest BCUT2D eigenvalue weighted by Crippen LogP contribution is -2.44. The van der Waals surface area contributed by atoms with E-state index in [0.717, 1.165) is 29.2 Å². The SMILES string of the molecule is COc1ccccc1CN(C)C(=S)N[C@H]1C[C@@H]2CC[C@H]1C2. The third-order valence-electron chi connectivity index (χ3n) is 4.99. The summed E-state index contributed by atoms with van der Waals surface area (Å²) < 4.78 is 5.41. The summed E-state index contributed by atoms with van der Waals surface area (Å²) in [7, 11) is 3.76. The first-order valence-electron chi connectivity index (χ1n) is 7.81. The molecule has 0 aliphatic heterocycles. The second kappa shape index (κ2) is 6.22. The van der Waals surface area contributed by atoms with Gasteiger partial charge in [0.2, 0.25) is 0 Å². The van der Waals surface area contributed by atoms with Crippen LogP contribution in [0.3, 0.4) is 0 Å². The van der Waals surface area contributed by atoms with Crippen molar-refractivity contribution in [3.63, 3.8) is 0 Å². The first-order chi connectivity index (χ1) is 10.2. The first-order valence-corrected chi connectivity index (χ1v) is 8.21. The molecule has 1 aromatic carbocycles. The van der Waals surface area contributed by atoms with E-state index in [0.29, 0.717) is 6.04 Å². The molecule has 2 saturated carbocycles. The summed E-state index contributed by atoms with van der Waals surface area (Å²) in [4.78, 5) is 2.11. The van der Waals surface area contributed by atoms with Gasteiger partial charge in [-0.05, 0) is 49.4 Å². The molecule has 3 atom stereocenters. The number of methoxy groups -OCH3 is 1. The molecular weight excluding hydrogens is 280 g/mol. The minimum absolute atomic E-state index is 0.594. The molecule has 0 saturated heterocycles. The summed E-state index contributed by atoms with van der Waals surface area (Å²) in [6, 6.07) is 8.72. The van der Waals surface area contributed by atoms with E-state index in [1.54, 1.807) is 7.11 Å². The summed E-state index contributed by atoms with van der Waals surface area (Å²) >= 11 is 5.58. The summed E-state index contributed by atoms with van der Waals surface area (Å²) in [5, 5.41) is 4.44. The fraction of sp³-hybridized carbons (Fsp3) is 0.588. The fourth-order valence-corrected chi connectivity index (χ4v) is 4.07. The Morgan fingerprint density at radius 3 is 2.81 bits per heavy atom. The second-order valence-corrected chi connectivity index (χ2v) is 6.79. The molecule has 21 heavy (non-hydrogen) atoms. The molecule has 0 aromatic heterocycles. The molecule has 2 aliphatic rings. The van der Waals surface area contributed by atoms with Gasteiger partial charge < -0.3 is 15.0 Å². The van der Waals surface area contributed by atoms with Gasteiger partial charge >= 0.3 is 0 Å². The van der Waals surface area contributed by atoms with Crippen molar-refractivity contribution in [2.45, 2.75) is 38.3 Å². The van der Waals surface area contributed by atoms with Crippen molar-refractivity contribution in [1.29, 1.82) is 0 Å². The largest absolute Gasteiger partial charge is 0.496 e. The van der Waals surface area contributed by atoms with Crippen LogP contribution >= 0.6 is 12.2 Å².